The second-order valence-corrected chi connectivity index (χ2v) is 11.5. The fourth-order valence-electron chi connectivity index (χ4n) is 4.50. The van der Waals surface area contributed by atoms with Gasteiger partial charge in [0.1, 0.15) is 5.75 Å². The molecule has 2 N–H and O–H groups in total. The lowest BCUT2D eigenvalue weighted by Gasteiger charge is -2.17. The van der Waals surface area contributed by atoms with Gasteiger partial charge in [0.15, 0.2) is 16.9 Å². The highest BCUT2D eigenvalue weighted by Crippen LogP contribution is 2.57. The van der Waals surface area contributed by atoms with Crippen molar-refractivity contribution in [1.82, 2.24) is 10.1 Å². The number of carbonyl (C=O) groups is 1. The number of nitrogens with one attached hydrogen (secondary N) is 1. The lowest BCUT2D eigenvalue weighted by atomic mass is 9.94. The molecule has 2 atom stereocenters. The number of methoxy groups -OCH3 is 1. The summed E-state index contributed by atoms with van der Waals surface area (Å²) in [6.45, 7) is 1.67. The molecule has 1 aliphatic rings. The molecule has 4 aromatic rings. The Bertz CT molecular complexity index is 1510. The third-order valence-corrected chi connectivity index (χ3v) is 8.33. The van der Waals surface area contributed by atoms with E-state index in [9.17, 15) is 13.6 Å². The molecule has 8 nitrogen and oxygen atoms in total. The highest BCUT2D eigenvalue weighted by molar-refractivity contribution is 7.79. The zero-order valence-electron chi connectivity index (χ0n) is 21.1. The van der Waals surface area contributed by atoms with E-state index in [4.69, 9.17) is 32.5 Å². The third-order valence-electron chi connectivity index (χ3n) is 6.86. The Morgan fingerprint density at radius 1 is 1.13 bits per heavy atom. The van der Waals surface area contributed by atoms with Gasteiger partial charge < -0.3 is 19.1 Å². The van der Waals surface area contributed by atoms with Crippen LogP contribution < -0.4 is 10.1 Å². The van der Waals surface area contributed by atoms with Gasteiger partial charge in [0.05, 0.1) is 24.2 Å². The molecule has 1 heterocycles. The summed E-state index contributed by atoms with van der Waals surface area (Å²) in [5, 5.41) is 7.38. The lowest BCUT2D eigenvalue weighted by molar-refractivity contribution is -0.115. The van der Waals surface area contributed by atoms with Crippen LogP contribution in [0, 0.1) is 0 Å². The van der Waals surface area contributed by atoms with Crippen molar-refractivity contribution in [3.63, 3.8) is 0 Å². The number of ether oxygens (including phenoxy) is 1. The van der Waals surface area contributed by atoms with E-state index in [1.54, 1.807) is 50.4 Å². The smallest absolute Gasteiger partial charge is 0.257 e. The van der Waals surface area contributed by atoms with E-state index < -0.39 is 21.7 Å². The largest absolute Gasteiger partial charge is 0.497 e. The summed E-state index contributed by atoms with van der Waals surface area (Å²) in [5.74, 6) is 1.39. The summed E-state index contributed by atoms with van der Waals surface area (Å²) in [6.07, 6.45) is 1.64. The number of benzene rings is 3. The molecule has 1 fully saturated rings. The minimum absolute atomic E-state index is 0.120. The van der Waals surface area contributed by atoms with Gasteiger partial charge in [-0.15, -0.1) is 0 Å². The van der Waals surface area contributed by atoms with E-state index >= 15 is 0 Å². The molecule has 0 bridgehead atoms. The number of hydrogen-bond acceptors (Lipinski definition) is 6. The second-order valence-electron chi connectivity index (χ2n) is 9.43. The Hall–Kier alpha value is -3.24. The van der Waals surface area contributed by atoms with E-state index in [1.807, 2.05) is 24.3 Å². The van der Waals surface area contributed by atoms with E-state index in [0.717, 1.165) is 35.3 Å². The number of aromatic nitrogens is 2. The van der Waals surface area contributed by atoms with E-state index in [-0.39, 0.29) is 12.3 Å². The molecule has 0 radical (unpaired) electrons. The molecular weight excluding hydrogens is 561 g/mol. The van der Waals surface area contributed by atoms with Crippen LogP contribution in [0.4, 0.5) is 5.69 Å². The zero-order chi connectivity index (χ0) is 27.7. The highest BCUT2D eigenvalue weighted by atomic mass is 35.5. The number of rotatable bonds is 9. The Balaban J connectivity index is 1.30. The first-order chi connectivity index (χ1) is 18.7. The van der Waals surface area contributed by atoms with Crippen LogP contribution in [0.1, 0.15) is 47.5 Å². The maximum absolute atomic E-state index is 12.7. The minimum Gasteiger partial charge on any atom is -0.497 e. The first kappa shape index (κ1) is 27.3. The van der Waals surface area contributed by atoms with Crippen LogP contribution in [0.3, 0.4) is 0 Å². The molecule has 39 heavy (non-hydrogen) atoms. The standard InChI is InChI=1S/C28H25Cl2N3O5S/c1-16(39(35)36)18-5-3-17(4-6-18)13-24(34)31-20-14-22(29)25(23(30)15-20)28(11-12-28)27-32-26(38-33-27)19-7-9-21(37-2)10-8-19/h3-10,14-16H,11-13H2,1-2H3,(H,31,34)(H,35,36). The lowest BCUT2D eigenvalue weighted by Crippen LogP contribution is -2.16. The molecule has 202 valence electrons. The van der Waals surface area contributed by atoms with E-state index in [0.29, 0.717) is 33.0 Å². The Morgan fingerprint density at radius 3 is 2.33 bits per heavy atom. The van der Waals surface area contributed by atoms with Gasteiger partial charge in [-0.1, -0.05) is 52.6 Å². The van der Waals surface area contributed by atoms with Gasteiger partial charge in [-0.2, -0.15) is 4.98 Å². The van der Waals surface area contributed by atoms with Gasteiger partial charge >= 0.3 is 0 Å². The van der Waals surface area contributed by atoms with Crippen molar-refractivity contribution in [2.24, 2.45) is 0 Å². The van der Waals surface area contributed by atoms with Crippen molar-refractivity contribution in [3.8, 4) is 17.2 Å². The number of halogens is 2. The van der Waals surface area contributed by atoms with Crippen molar-refractivity contribution in [2.45, 2.75) is 36.9 Å². The molecule has 1 saturated carbocycles. The molecule has 5 rings (SSSR count). The number of nitrogens with zero attached hydrogens (tertiary/aromatic N) is 2. The predicted octanol–water partition coefficient (Wildman–Crippen LogP) is 6.60. The van der Waals surface area contributed by atoms with Gasteiger partial charge in [-0.25, -0.2) is 4.21 Å². The summed E-state index contributed by atoms with van der Waals surface area (Å²) < 4.78 is 31.3. The molecule has 0 spiro atoms. The van der Waals surface area contributed by atoms with Gasteiger partial charge in [-0.05, 0) is 67.3 Å². The van der Waals surface area contributed by atoms with Crippen molar-refractivity contribution in [2.75, 3.05) is 12.4 Å². The molecule has 3 aromatic carbocycles. The van der Waals surface area contributed by atoms with Gasteiger partial charge in [0.25, 0.3) is 5.89 Å². The number of amides is 1. The van der Waals surface area contributed by atoms with Gasteiger partial charge in [-0.3, -0.25) is 4.79 Å². The summed E-state index contributed by atoms with van der Waals surface area (Å²) in [4.78, 5) is 17.3. The van der Waals surface area contributed by atoms with E-state index in [1.165, 1.54) is 0 Å². The molecule has 11 heteroatoms. The first-order valence-electron chi connectivity index (χ1n) is 12.2. The second kappa shape index (κ2) is 11.1. The van der Waals surface area contributed by atoms with Crippen LogP contribution in [0.25, 0.3) is 11.5 Å². The summed E-state index contributed by atoms with van der Waals surface area (Å²) >= 11 is 11.4. The molecule has 1 aromatic heterocycles. The fourth-order valence-corrected chi connectivity index (χ4v) is 5.73. The molecule has 2 unspecified atom stereocenters. The maximum atomic E-state index is 12.7. The highest BCUT2D eigenvalue weighted by Gasteiger charge is 2.52. The van der Waals surface area contributed by atoms with Crippen LogP contribution >= 0.6 is 23.2 Å². The molecule has 1 amide bonds. The van der Waals surface area contributed by atoms with Crippen molar-refractivity contribution in [1.29, 1.82) is 0 Å². The Morgan fingerprint density at radius 2 is 1.77 bits per heavy atom. The molecule has 0 saturated heterocycles. The third kappa shape index (κ3) is 5.72. The topological polar surface area (TPSA) is 115 Å². The number of anilines is 1. The van der Waals surface area contributed by atoms with Crippen molar-refractivity contribution < 1.29 is 22.8 Å². The van der Waals surface area contributed by atoms with Crippen LogP contribution in [0.15, 0.2) is 65.2 Å². The van der Waals surface area contributed by atoms with Crippen molar-refractivity contribution >= 4 is 45.9 Å². The van der Waals surface area contributed by atoms with Crippen molar-refractivity contribution in [3.05, 3.63) is 93.2 Å². The Labute approximate surface area is 238 Å². The molecular formula is C28H25Cl2N3O5S. The average molecular weight is 586 g/mol. The maximum Gasteiger partial charge on any atom is 0.257 e. The molecule has 1 aliphatic carbocycles. The zero-order valence-corrected chi connectivity index (χ0v) is 23.4. The average Bonchev–Trinajstić information content (AvgIpc) is 3.54. The Kier molecular flexibility index (Phi) is 7.77. The minimum atomic E-state index is -1.96. The fraction of sp³-hybridized carbons (Fsp3) is 0.250. The predicted molar refractivity (Wildman–Crippen MR) is 151 cm³/mol. The first-order valence-corrected chi connectivity index (χ1v) is 14.1. The van der Waals surface area contributed by atoms with Crippen LogP contribution in [-0.4, -0.2) is 31.9 Å². The normalized spacial score (nSPS) is 15.4. The van der Waals surface area contributed by atoms with Crippen LogP contribution in [0.2, 0.25) is 10.0 Å². The number of hydrogen-bond donors (Lipinski definition) is 2. The quantitative estimate of drug-likeness (QED) is 0.213. The van der Waals surface area contributed by atoms with E-state index in [2.05, 4.69) is 15.5 Å². The summed E-state index contributed by atoms with van der Waals surface area (Å²) in [5.41, 5.74) is 2.89. The van der Waals surface area contributed by atoms with Gasteiger partial charge in [0, 0.05) is 26.9 Å². The summed E-state index contributed by atoms with van der Waals surface area (Å²) in [7, 11) is 1.60. The van der Waals surface area contributed by atoms with Crippen LogP contribution in [0.5, 0.6) is 5.75 Å². The van der Waals surface area contributed by atoms with Gasteiger partial charge in [0.2, 0.25) is 5.91 Å². The monoisotopic (exact) mass is 585 g/mol. The molecule has 0 aliphatic heterocycles. The summed E-state index contributed by atoms with van der Waals surface area (Å²) in [6, 6.07) is 17.7. The number of carbonyl (C=O) groups excluding carboxylic acids is 1. The SMILES string of the molecule is COc1ccc(-c2nc(C3(c4c(Cl)cc(NC(=O)Cc5ccc(C(C)S(=O)O)cc5)cc4Cl)CC3)no2)cc1. The van der Waals surface area contributed by atoms with Crippen LogP contribution in [-0.2, 0) is 27.7 Å².